The summed E-state index contributed by atoms with van der Waals surface area (Å²) in [4.78, 5) is 27.5. The first kappa shape index (κ1) is 23.3. The molecule has 2 aromatic rings. The van der Waals surface area contributed by atoms with E-state index in [-0.39, 0.29) is 17.2 Å². The highest BCUT2D eigenvalue weighted by Crippen LogP contribution is 2.38. The molecule has 33 heavy (non-hydrogen) atoms. The number of benzene rings is 1. The molecule has 1 spiro atoms. The third kappa shape index (κ3) is 5.55. The number of carbonyl (C=O) groups excluding carboxylic acids is 2. The molecule has 0 radical (unpaired) electrons. The van der Waals surface area contributed by atoms with Crippen LogP contribution in [0.15, 0.2) is 30.3 Å². The molecule has 1 aromatic heterocycles. The number of hydrogen-bond acceptors (Lipinski definition) is 5. The van der Waals surface area contributed by atoms with Gasteiger partial charge in [-0.3, -0.25) is 14.3 Å². The molecule has 2 amide bonds. The molecular weight excluding hydrogens is 420 g/mol. The number of carbonyl (C=O) groups is 2. The van der Waals surface area contributed by atoms with Crippen molar-refractivity contribution in [3.63, 3.8) is 0 Å². The molecule has 3 heterocycles. The molecule has 178 valence electrons. The molecule has 2 aliphatic heterocycles. The van der Waals surface area contributed by atoms with Crippen molar-refractivity contribution in [2.24, 2.45) is 12.5 Å². The molecule has 8 heteroatoms. The molecular formula is C25H34N4O4. The van der Waals surface area contributed by atoms with Crippen LogP contribution in [-0.2, 0) is 11.8 Å². The van der Waals surface area contributed by atoms with Crippen molar-refractivity contribution in [1.82, 2.24) is 20.0 Å². The third-order valence-corrected chi connectivity index (χ3v) is 6.89. The topological polar surface area (TPSA) is 85.7 Å². The van der Waals surface area contributed by atoms with E-state index in [9.17, 15) is 9.59 Å². The number of aromatic nitrogens is 2. The molecule has 0 bridgehead atoms. The second-order valence-corrected chi connectivity index (χ2v) is 9.20. The Kier molecular flexibility index (Phi) is 7.33. The van der Waals surface area contributed by atoms with Crippen LogP contribution < -0.4 is 10.1 Å². The van der Waals surface area contributed by atoms with Crippen molar-refractivity contribution in [2.45, 2.75) is 39.0 Å². The van der Waals surface area contributed by atoms with Crippen molar-refractivity contribution >= 4 is 11.8 Å². The van der Waals surface area contributed by atoms with Crippen LogP contribution >= 0.6 is 0 Å². The first-order valence-corrected chi connectivity index (χ1v) is 11.9. The number of hydrogen-bond donors (Lipinski definition) is 1. The van der Waals surface area contributed by atoms with Crippen LogP contribution in [0.1, 0.15) is 58.6 Å². The average molecular weight is 455 g/mol. The lowest BCUT2D eigenvalue weighted by Gasteiger charge is -2.41. The van der Waals surface area contributed by atoms with E-state index in [1.165, 1.54) is 0 Å². The number of rotatable bonds is 1. The average Bonchev–Trinajstić information content (AvgIpc) is 3.17. The number of nitrogens with one attached hydrogen (secondary N) is 1. The molecule has 0 atom stereocenters. The number of aryl methyl sites for hydroxylation is 2. The summed E-state index contributed by atoms with van der Waals surface area (Å²) in [5.74, 6) is 0.451. The van der Waals surface area contributed by atoms with E-state index in [2.05, 4.69) is 10.4 Å². The molecule has 1 N–H and O–H groups in total. The van der Waals surface area contributed by atoms with Crippen molar-refractivity contribution < 1.29 is 19.1 Å². The van der Waals surface area contributed by atoms with Crippen LogP contribution in [0.25, 0.3) is 0 Å². The largest absolute Gasteiger partial charge is 0.492 e. The maximum atomic E-state index is 13.0. The van der Waals surface area contributed by atoms with Crippen LogP contribution in [0.3, 0.4) is 0 Å². The van der Waals surface area contributed by atoms with Gasteiger partial charge in [-0.25, -0.2) is 0 Å². The van der Waals surface area contributed by atoms with Gasteiger partial charge >= 0.3 is 0 Å². The number of nitrogens with zero attached hydrogens (tertiary/aromatic N) is 3. The fourth-order valence-corrected chi connectivity index (χ4v) is 4.63. The molecule has 2 aliphatic rings. The molecule has 4 rings (SSSR count). The minimum Gasteiger partial charge on any atom is -0.492 e. The monoisotopic (exact) mass is 454 g/mol. The van der Waals surface area contributed by atoms with Gasteiger partial charge in [0.25, 0.3) is 11.8 Å². The fourth-order valence-electron chi connectivity index (χ4n) is 4.63. The van der Waals surface area contributed by atoms with Gasteiger partial charge in [0, 0.05) is 44.4 Å². The number of para-hydroxylation sites is 1. The normalized spacial score (nSPS) is 19.8. The maximum Gasteiger partial charge on any atom is 0.274 e. The summed E-state index contributed by atoms with van der Waals surface area (Å²) < 4.78 is 13.7. The number of likely N-dealkylation sites (tertiary alicyclic amines) is 1. The van der Waals surface area contributed by atoms with E-state index in [1.54, 1.807) is 10.7 Å². The van der Waals surface area contributed by atoms with Gasteiger partial charge in [-0.05, 0) is 50.8 Å². The molecule has 0 unspecified atom stereocenters. The Bertz CT molecular complexity index is 959. The molecule has 0 aliphatic carbocycles. The lowest BCUT2D eigenvalue weighted by molar-refractivity contribution is 0.0337. The zero-order valence-corrected chi connectivity index (χ0v) is 19.6. The summed E-state index contributed by atoms with van der Waals surface area (Å²) in [5, 5.41) is 7.26. The van der Waals surface area contributed by atoms with Crippen molar-refractivity contribution in [2.75, 3.05) is 39.5 Å². The lowest BCUT2D eigenvalue weighted by Crippen LogP contribution is -2.45. The zero-order valence-electron chi connectivity index (χ0n) is 19.6. The van der Waals surface area contributed by atoms with Gasteiger partial charge in [0.05, 0.1) is 18.8 Å². The van der Waals surface area contributed by atoms with E-state index in [0.29, 0.717) is 56.5 Å². The molecule has 1 aromatic carbocycles. The standard InChI is InChI=1S/C25H34N4O4/c1-19-17-21(27-28(19)2)24(31)29-13-10-25(11-14-29)9-5-6-15-32-16-12-26-23(30)20-7-3-4-8-22(20)33-18-25/h3-4,7-8,17H,5-6,9-16,18H2,1-2H3,(H,26,30). The van der Waals surface area contributed by atoms with E-state index in [1.807, 2.05) is 43.1 Å². The van der Waals surface area contributed by atoms with Crippen LogP contribution in [0.4, 0.5) is 0 Å². The van der Waals surface area contributed by atoms with E-state index < -0.39 is 0 Å². The Balaban J connectivity index is 1.47. The third-order valence-electron chi connectivity index (χ3n) is 6.89. The van der Waals surface area contributed by atoms with Gasteiger partial charge < -0.3 is 19.7 Å². The zero-order chi connectivity index (χ0) is 23.3. The fraction of sp³-hybridized carbons (Fsp3) is 0.560. The van der Waals surface area contributed by atoms with Crippen LogP contribution in [0.5, 0.6) is 5.75 Å². The van der Waals surface area contributed by atoms with Crippen molar-refractivity contribution in [1.29, 1.82) is 0 Å². The Morgan fingerprint density at radius 1 is 1.12 bits per heavy atom. The molecule has 0 saturated carbocycles. The minimum atomic E-state index is -0.147. The smallest absolute Gasteiger partial charge is 0.274 e. The summed E-state index contributed by atoms with van der Waals surface area (Å²) in [6.07, 6.45) is 4.75. The number of ether oxygens (including phenoxy) is 2. The quantitative estimate of drug-likeness (QED) is 0.716. The Labute approximate surface area is 195 Å². The van der Waals surface area contributed by atoms with Gasteiger partial charge in [-0.15, -0.1) is 0 Å². The van der Waals surface area contributed by atoms with Gasteiger partial charge in [0.1, 0.15) is 5.75 Å². The van der Waals surface area contributed by atoms with Gasteiger partial charge in [0.15, 0.2) is 5.69 Å². The van der Waals surface area contributed by atoms with Crippen LogP contribution in [0.2, 0.25) is 0 Å². The highest BCUT2D eigenvalue weighted by molar-refractivity contribution is 5.96. The summed E-state index contributed by atoms with van der Waals surface area (Å²) in [5.41, 5.74) is 1.98. The SMILES string of the molecule is Cc1cc(C(=O)N2CCC3(CCCCOCCNC(=O)c4ccccc4OC3)CC2)nn1C. The van der Waals surface area contributed by atoms with Crippen LogP contribution in [-0.4, -0.2) is 65.9 Å². The Morgan fingerprint density at radius 3 is 2.67 bits per heavy atom. The van der Waals surface area contributed by atoms with Gasteiger partial charge in [-0.2, -0.15) is 5.10 Å². The second kappa shape index (κ2) is 10.4. The number of amides is 2. The van der Waals surface area contributed by atoms with Crippen molar-refractivity contribution in [3.05, 3.63) is 47.3 Å². The van der Waals surface area contributed by atoms with Gasteiger partial charge in [-0.1, -0.05) is 18.6 Å². The Hall–Kier alpha value is -2.87. The number of fused-ring (bicyclic) bond motifs is 1. The second-order valence-electron chi connectivity index (χ2n) is 9.20. The summed E-state index contributed by atoms with van der Waals surface area (Å²) in [6, 6.07) is 9.23. The summed E-state index contributed by atoms with van der Waals surface area (Å²) >= 11 is 0. The minimum absolute atomic E-state index is 0.00854. The number of piperidine rings is 1. The van der Waals surface area contributed by atoms with Crippen molar-refractivity contribution in [3.8, 4) is 5.75 Å². The predicted molar refractivity (Wildman–Crippen MR) is 124 cm³/mol. The highest BCUT2D eigenvalue weighted by atomic mass is 16.5. The van der Waals surface area contributed by atoms with Gasteiger partial charge in [0.2, 0.25) is 0 Å². The molecule has 8 nitrogen and oxygen atoms in total. The highest BCUT2D eigenvalue weighted by Gasteiger charge is 2.37. The summed E-state index contributed by atoms with van der Waals surface area (Å²) in [6.45, 7) is 5.51. The Morgan fingerprint density at radius 2 is 1.91 bits per heavy atom. The summed E-state index contributed by atoms with van der Waals surface area (Å²) in [7, 11) is 1.85. The predicted octanol–water partition coefficient (Wildman–Crippen LogP) is 2.96. The van der Waals surface area contributed by atoms with E-state index >= 15 is 0 Å². The van der Waals surface area contributed by atoms with E-state index in [4.69, 9.17) is 9.47 Å². The first-order valence-electron chi connectivity index (χ1n) is 11.9. The molecule has 1 saturated heterocycles. The lowest BCUT2D eigenvalue weighted by atomic mass is 9.75. The van der Waals surface area contributed by atoms with Crippen LogP contribution in [0, 0.1) is 12.3 Å². The maximum absolute atomic E-state index is 13.0. The molecule has 1 fully saturated rings. The first-order chi connectivity index (χ1) is 16.0. The van der Waals surface area contributed by atoms with E-state index in [0.717, 1.165) is 37.8 Å².